The number of hydrogen-bond donors (Lipinski definition) is 0. The summed E-state index contributed by atoms with van der Waals surface area (Å²) in [5.74, 6) is 0.286. The Morgan fingerprint density at radius 2 is 2.05 bits per heavy atom. The molecule has 100 valence electrons. The van der Waals surface area contributed by atoms with Gasteiger partial charge in [0.05, 0.1) is 19.3 Å². The van der Waals surface area contributed by atoms with E-state index in [-0.39, 0.29) is 6.10 Å². The lowest BCUT2D eigenvalue weighted by Crippen LogP contribution is -2.33. The smallest absolute Gasteiger partial charge is 0.338 e. The Morgan fingerprint density at radius 1 is 1.26 bits per heavy atom. The summed E-state index contributed by atoms with van der Waals surface area (Å²) in [6, 6.07) is 6.75. The molecule has 0 N–H and O–H groups in total. The highest BCUT2D eigenvalue weighted by molar-refractivity contribution is 5.89. The Hall–Kier alpha value is -1.85. The predicted octanol–water partition coefficient (Wildman–Crippen LogP) is 1.53. The van der Waals surface area contributed by atoms with E-state index in [1.165, 1.54) is 0 Å². The van der Waals surface area contributed by atoms with Crippen LogP contribution in [-0.4, -0.2) is 38.2 Å². The van der Waals surface area contributed by atoms with E-state index in [4.69, 9.17) is 18.9 Å². The molecule has 2 aliphatic rings. The van der Waals surface area contributed by atoms with Crippen molar-refractivity contribution in [3.8, 4) is 5.75 Å². The van der Waals surface area contributed by atoms with Gasteiger partial charge in [0, 0.05) is 0 Å². The Bertz CT molecular complexity index is 493. The first kappa shape index (κ1) is 12.2. The van der Waals surface area contributed by atoms with Gasteiger partial charge < -0.3 is 18.9 Å². The van der Waals surface area contributed by atoms with Gasteiger partial charge in [-0.05, 0) is 30.3 Å². The molecular formula is C14H14O5. The van der Waals surface area contributed by atoms with Gasteiger partial charge in [0.25, 0.3) is 0 Å². The first-order valence-corrected chi connectivity index (χ1v) is 6.07. The lowest BCUT2D eigenvalue weighted by molar-refractivity contribution is -0.119. The van der Waals surface area contributed by atoms with Crippen molar-refractivity contribution in [2.75, 3.05) is 13.7 Å². The highest BCUT2D eigenvalue weighted by atomic mass is 16.7. The number of methoxy groups -OCH3 is 1. The molecule has 0 spiro atoms. The topological polar surface area (TPSA) is 54.0 Å². The molecule has 0 aromatic heterocycles. The van der Waals surface area contributed by atoms with Gasteiger partial charge in [-0.3, -0.25) is 0 Å². The fourth-order valence-electron chi connectivity index (χ4n) is 2.05. The van der Waals surface area contributed by atoms with Crippen LogP contribution in [0.25, 0.3) is 0 Å². The van der Waals surface area contributed by atoms with Crippen LogP contribution in [0.3, 0.4) is 0 Å². The Balaban J connectivity index is 1.67. The summed E-state index contributed by atoms with van der Waals surface area (Å²) in [5, 5.41) is 0. The molecule has 1 saturated heterocycles. The second-order valence-electron chi connectivity index (χ2n) is 4.36. The fourth-order valence-corrected chi connectivity index (χ4v) is 2.05. The van der Waals surface area contributed by atoms with E-state index in [1.807, 2.05) is 12.2 Å². The quantitative estimate of drug-likeness (QED) is 0.611. The average molecular weight is 262 g/mol. The molecule has 0 aliphatic carbocycles. The zero-order chi connectivity index (χ0) is 13.2. The normalized spacial score (nSPS) is 28.2. The molecule has 5 heteroatoms. The highest BCUT2D eigenvalue weighted by Crippen LogP contribution is 2.24. The molecule has 3 rings (SSSR count). The van der Waals surface area contributed by atoms with Crippen LogP contribution in [0.2, 0.25) is 0 Å². The second kappa shape index (κ2) is 5.03. The van der Waals surface area contributed by atoms with E-state index >= 15 is 0 Å². The third kappa shape index (κ3) is 2.47. The van der Waals surface area contributed by atoms with Crippen LogP contribution in [0, 0.1) is 0 Å². The van der Waals surface area contributed by atoms with Gasteiger partial charge in [-0.2, -0.15) is 0 Å². The minimum Gasteiger partial charge on any atom is -0.497 e. The fraction of sp³-hybridized carbons (Fsp3) is 0.357. The third-order valence-electron chi connectivity index (χ3n) is 3.09. The molecule has 3 atom stereocenters. The maximum Gasteiger partial charge on any atom is 0.338 e. The van der Waals surface area contributed by atoms with Gasteiger partial charge in [-0.25, -0.2) is 4.79 Å². The number of hydrogen-bond acceptors (Lipinski definition) is 5. The first-order valence-electron chi connectivity index (χ1n) is 6.07. The number of rotatable bonds is 3. The molecule has 2 bridgehead atoms. The summed E-state index contributed by atoms with van der Waals surface area (Å²) in [5.41, 5.74) is 0.467. The molecule has 5 nitrogen and oxygen atoms in total. The molecule has 1 aromatic rings. The maximum atomic E-state index is 12.0. The van der Waals surface area contributed by atoms with Gasteiger partial charge in [0.1, 0.15) is 11.9 Å². The Morgan fingerprint density at radius 3 is 2.79 bits per heavy atom. The zero-order valence-corrected chi connectivity index (χ0v) is 10.4. The molecule has 0 unspecified atom stereocenters. The van der Waals surface area contributed by atoms with Crippen molar-refractivity contribution in [3.05, 3.63) is 42.0 Å². The molecule has 0 amide bonds. The van der Waals surface area contributed by atoms with E-state index in [9.17, 15) is 4.79 Å². The number of carbonyl (C=O) groups is 1. The van der Waals surface area contributed by atoms with Gasteiger partial charge in [0.15, 0.2) is 12.4 Å². The van der Waals surface area contributed by atoms with Gasteiger partial charge in [-0.1, -0.05) is 6.08 Å². The number of ether oxygens (including phenoxy) is 4. The second-order valence-corrected chi connectivity index (χ2v) is 4.36. The van der Waals surface area contributed by atoms with Crippen LogP contribution < -0.4 is 4.74 Å². The standard InChI is InChI=1S/C14H14O5/c1-16-10-4-2-9(3-5-10)13(15)19-12-7-6-11-8-17-14(12)18-11/h2-7,11-12,14H,8H2,1H3/t11-,12+,14+/m0/s1. The van der Waals surface area contributed by atoms with Crippen molar-refractivity contribution < 1.29 is 23.7 Å². The van der Waals surface area contributed by atoms with Crippen molar-refractivity contribution in [1.82, 2.24) is 0 Å². The van der Waals surface area contributed by atoms with Crippen molar-refractivity contribution in [1.29, 1.82) is 0 Å². The number of fused-ring (bicyclic) bond motifs is 2. The van der Waals surface area contributed by atoms with Gasteiger partial charge in [-0.15, -0.1) is 0 Å². The van der Waals surface area contributed by atoms with Crippen molar-refractivity contribution in [3.63, 3.8) is 0 Å². The summed E-state index contributed by atoms with van der Waals surface area (Å²) in [4.78, 5) is 12.0. The molecule has 2 aliphatic heterocycles. The molecule has 0 saturated carbocycles. The van der Waals surface area contributed by atoms with E-state index < -0.39 is 18.4 Å². The third-order valence-corrected chi connectivity index (χ3v) is 3.09. The zero-order valence-electron chi connectivity index (χ0n) is 10.4. The minimum atomic E-state index is -0.492. The number of esters is 1. The average Bonchev–Trinajstić information content (AvgIpc) is 2.85. The predicted molar refractivity (Wildman–Crippen MR) is 66.0 cm³/mol. The summed E-state index contributed by atoms with van der Waals surface area (Å²) < 4.78 is 21.3. The van der Waals surface area contributed by atoms with Crippen LogP contribution in [0.1, 0.15) is 10.4 Å². The summed E-state index contributed by atoms with van der Waals surface area (Å²) in [7, 11) is 1.57. The summed E-state index contributed by atoms with van der Waals surface area (Å²) >= 11 is 0. The Kier molecular flexibility index (Phi) is 3.23. The molecule has 1 fully saturated rings. The highest BCUT2D eigenvalue weighted by Gasteiger charge is 2.36. The lowest BCUT2D eigenvalue weighted by Gasteiger charge is -2.22. The van der Waals surface area contributed by atoms with Crippen LogP contribution >= 0.6 is 0 Å². The largest absolute Gasteiger partial charge is 0.497 e. The van der Waals surface area contributed by atoms with Crippen LogP contribution in [0.4, 0.5) is 0 Å². The molecular weight excluding hydrogens is 248 g/mol. The maximum absolute atomic E-state index is 12.0. The number of carbonyl (C=O) groups excluding carboxylic acids is 1. The van der Waals surface area contributed by atoms with E-state index in [0.29, 0.717) is 17.9 Å². The van der Waals surface area contributed by atoms with Crippen molar-refractivity contribution in [2.24, 2.45) is 0 Å². The SMILES string of the molecule is COc1ccc(C(=O)O[C@@H]2C=C[C@H]3CO[C@@H]2O3)cc1. The number of benzene rings is 1. The molecule has 2 heterocycles. The van der Waals surface area contributed by atoms with Gasteiger partial charge in [0.2, 0.25) is 0 Å². The van der Waals surface area contributed by atoms with E-state index in [0.717, 1.165) is 0 Å². The van der Waals surface area contributed by atoms with E-state index in [1.54, 1.807) is 31.4 Å². The van der Waals surface area contributed by atoms with Crippen LogP contribution in [-0.2, 0) is 14.2 Å². The van der Waals surface area contributed by atoms with Crippen LogP contribution in [0.5, 0.6) is 5.75 Å². The van der Waals surface area contributed by atoms with Crippen molar-refractivity contribution in [2.45, 2.75) is 18.5 Å². The van der Waals surface area contributed by atoms with Crippen LogP contribution in [0.15, 0.2) is 36.4 Å². The van der Waals surface area contributed by atoms with E-state index in [2.05, 4.69) is 0 Å². The molecule has 1 aromatic carbocycles. The monoisotopic (exact) mass is 262 g/mol. The van der Waals surface area contributed by atoms with Crippen molar-refractivity contribution >= 4 is 5.97 Å². The minimum absolute atomic E-state index is 0.0130. The van der Waals surface area contributed by atoms with Gasteiger partial charge >= 0.3 is 5.97 Å². The Labute approximate surface area is 110 Å². The lowest BCUT2D eigenvalue weighted by atomic mass is 10.2. The summed E-state index contributed by atoms with van der Waals surface area (Å²) in [6.07, 6.45) is 2.68. The molecule has 0 radical (unpaired) electrons. The molecule has 19 heavy (non-hydrogen) atoms. The summed E-state index contributed by atoms with van der Waals surface area (Å²) in [6.45, 7) is 0.512. The first-order chi connectivity index (χ1) is 9.26.